The van der Waals surface area contributed by atoms with Crippen molar-refractivity contribution in [2.75, 3.05) is 5.32 Å². The lowest BCUT2D eigenvalue weighted by Crippen LogP contribution is -2.25. The minimum Gasteiger partial charge on any atom is -0.380 e. The Morgan fingerprint density at radius 2 is 2.17 bits per heavy atom. The molecule has 1 atom stereocenters. The van der Waals surface area contributed by atoms with E-state index >= 15 is 0 Å². The van der Waals surface area contributed by atoms with E-state index in [1.165, 1.54) is 23.9 Å². The Morgan fingerprint density at radius 1 is 1.44 bits per heavy atom. The summed E-state index contributed by atoms with van der Waals surface area (Å²) in [5.41, 5.74) is 0.403. The number of hydrogen-bond acceptors (Lipinski definition) is 3. The van der Waals surface area contributed by atoms with Gasteiger partial charge in [0.15, 0.2) is 0 Å². The smallest absolute Gasteiger partial charge is 0.287 e. The first kappa shape index (κ1) is 15.0. The van der Waals surface area contributed by atoms with E-state index in [9.17, 15) is 4.79 Å². The van der Waals surface area contributed by atoms with Crippen molar-refractivity contribution >= 4 is 17.3 Å². The van der Waals surface area contributed by atoms with Gasteiger partial charge in [0.2, 0.25) is 0 Å². The Morgan fingerprint density at radius 3 is 2.78 bits per heavy atom. The monoisotopic (exact) mass is 271 g/mol. The van der Waals surface area contributed by atoms with Crippen LogP contribution >= 0.6 is 11.6 Å². The van der Waals surface area contributed by atoms with Gasteiger partial charge in [-0.2, -0.15) is 5.10 Å². The fraction of sp³-hybridized carbons (Fsp3) is 0.692. The van der Waals surface area contributed by atoms with E-state index in [1.807, 2.05) is 6.92 Å². The maximum atomic E-state index is 11.8. The molecule has 1 N–H and O–H groups in total. The molecule has 0 aliphatic carbocycles. The first-order valence-corrected chi connectivity index (χ1v) is 7.00. The van der Waals surface area contributed by atoms with Gasteiger partial charge in [0.05, 0.1) is 11.9 Å². The predicted octanol–water partition coefficient (Wildman–Crippen LogP) is 3.30. The molecule has 0 fully saturated rings. The van der Waals surface area contributed by atoms with Crippen LogP contribution in [0.5, 0.6) is 0 Å². The van der Waals surface area contributed by atoms with Crippen molar-refractivity contribution in [1.29, 1.82) is 0 Å². The lowest BCUT2D eigenvalue weighted by atomic mass is 10.1. The first-order valence-electron chi connectivity index (χ1n) is 6.62. The topological polar surface area (TPSA) is 46.9 Å². The average Bonchev–Trinajstić information content (AvgIpc) is 2.36. The number of anilines is 1. The molecule has 0 bridgehead atoms. The van der Waals surface area contributed by atoms with Gasteiger partial charge in [0, 0.05) is 12.6 Å². The van der Waals surface area contributed by atoms with Gasteiger partial charge in [-0.05, 0) is 20.3 Å². The summed E-state index contributed by atoms with van der Waals surface area (Å²) in [6, 6.07) is 0.299. The van der Waals surface area contributed by atoms with Gasteiger partial charge in [-0.15, -0.1) is 0 Å². The van der Waals surface area contributed by atoms with Crippen LogP contribution in [0.25, 0.3) is 0 Å². The second-order valence-corrected chi connectivity index (χ2v) is 4.91. The highest BCUT2D eigenvalue weighted by Gasteiger charge is 2.10. The van der Waals surface area contributed by atoms with Gasteiger partial charge in [-0.25, -0.2) is 4.68 Å². The maximum Gasteiger partial charge on any atom is 0.287 e. The highest BCUT2D eigenvalue weighted by Crippen LogP contribution is 2.17. The molecule has 5 heteroatoms. The molecular weight excluding hydrogens is 250 g/mol. The van der Waals surface area contributed by atoms with E-state index in [1.54, 1.807) is 6.20 Å². The molecule has 1 rings (SSSR count). The van der Waals surface area contributed by atoms with Crippen molar-refractivity contribution < 1.29 is 0 Å². The van der Waals surface area contributed by atoms with Crippen molar-refractivity contribution in [3.63, 3.8) is 0 Å². The fourth-order valence-corrected chi connectivity index (χ4v) is 2.03. The van der Waals surface area contributed by atoms with E-state index in [4.69, 9.17) is 11.6 Å². The molecule has 0 saturated heterocycles. The number of aromatic nitrogens is 2. The molecule has 0 aliphatic rings. The number of unbranched alkanes of at least 4 members (excludes halogenated alkanes) is 2. The number of aryl methyl sites for hydroxylation is 1. The third-order valence-corrected chi connectivity index (χ3v) is 3.29. The van der Waals surface area contributed by atoms with Crippen LogP contribution in [-0.2, 0) is 6.54 Å². The summed E-state index contributed by atoms with van der Waals surface area (Å²) in [4.78, 5) is 11.8. The van der Waals surface area contributed by atoms with E-state index in [0.717, 1.165) is 6.42 Å². The third-order valence-electron chi connectivity index (χ3n) is 2.93. The highest BCUT2D eigenvalue weighted by molar-refractivity contribution is 6.32. The summed E-state index contributed by atoms with van der Waals surface area (Å²) in [5.74, 6) is 0. The van der Waals surface area contributed by atoms with E-state index in [-0.39, 0.29) is 10.6 Å². The summed E-state index contributed by atoms with van der Waals surface area (Å²) in [5, 5.41) is 7.55. The van der Waals surface area contributed by atoms with Crippen molar-refractivity contribution in [3.8, 4) is 0 Å². The molecule has 4 nitrogen and oxygen atoms in total. The van der Waals surface area contributed by atoms with Crippen molar-refractivity contribution in [1.82, 2.24) is 9.78 Å². The van der Waals surface area contributed by atoms with E-state index in [2.05, 4.69) is 24.3 Å². The first-order chi connectivity index (χ1) is 8.60. The molecule has 0 spiro atoms. The molecule has 0 aromatic carbocycles. The molecular formula is C13H22ClN3O. The summed E-state index contributed by atoms with van der Waals surface area (Å²) in [7, 11) is 0. The van der Waals surface area contributed by atoms with Crippen LogP contribution in [0.15, 0.2) is 11.0 Å². The summed E-state index contributed by atoms with van der Waals surface area (Å²) in [6.07, 6.45) is 6.32. The maximum absolute atomic E-state index is 11.8. The number of nitrogens with one attached hydrogen (secondary N) is 1. The largest absolute Gasteiger partial charge is 0.380 e. The standard InChI is InChI=1S/C13H22ClN3O/c1-4-6-7-8-10(3)16-11-9-15-17(5-2)13(18)12(11)14/h9-10,16H,4-8H2,1-3H3. The zero-order valence-electron chi connectivity index (χ0n) is 11.4. The zero-order chi connectivity index (χ0) is 13.5. The van der Waals surface area contributed by atoms with Crippen LogP contribution in [0.3, 0.4) is 0 Å². The average molecular weight is 272 g/mol. The molecule has 102 valence electrons. The molecule has 1 aromatic rings. The molecule has 0 aliphatic heterocycles. The summed E-state index contributed by atoms with van der Waals surface area (Å²) >= 11 is 6.05. The Kier molecular flexibility index (Phi) is 6.19. The second-order valence-electron chi connectivity index (χ2n) is 4.53. The second kappa shape index (κ2) is 7.41. The van der Waals surface area contributed by atoms with Crippen molar-refractivity contribution in [2.45, 2.75) is 59.0 Å². The lowest BCUT2D eigenvalue weighted by Gasteiger charge is -2.16. The third kappa shape index (κ3) is 4.02. The Hall–Kier alpha value is -1.03. The molecule has 0 radical (unpaired) electrons. The zero-order valence-corrected chi connectivity index (χ0v) is 12.1. The van der Waals surface area contributed by atoms with Crippen LogP contribution in [0, 0.1) is 0 Å². The van der Waals surface area contributed by atoms with Gasteiger partial charge < -0.3 is 5.32 Å². The van der Waals surface area contributed by atoms with Crippen LogP contribution < -0.4 is 10.9 Å². The van der Waals surface area contributed by atoms with E-state index < -0.39 is 0 Å². The van der Waals surface area contributed by atoms with Gasteiger partial charge >= 0.3 is 0 Å². The Balaban J connectivity index is 2.68. The van der Waals surface area contributed by atoms with Gasteiger partial charge in [0.1, 0.15) is 5.02 Å². The van der Waals surface area contributed by atoms with Crippen LogP contribution in [0.1, 0.15) is 46.5 Å². The van der Waals surface area contributed by atoms with Gasteiger partial charge in [0.25, 0.3) is 5.56 Å². The van der Waals surface area contributed by atoms with Crippen molar-refractivity contribution in [3.05, 3.63) is 21.6 Å². The van der Waals surface area contributed by atoms with Gasteiger partial charge in [-0.3, -0.25) is 4.79 Å². The number of nitrogens with zero attached hydrogens (tertiary/aromatic N) is 2. The Bertz CT molecular complexity index is 431. The molecule has 1 heterocycles. The summed E-state index contributed by atoms with van der Waals surface area (Å²) < 4.78 is 1.36. The van der Waals surface area contributed by atoms with Crippen LogP contribution in [0.2, 0.25) is 5.02 Å². The molecule has 0 saturated carbocycles. The molecule has 0 amide bonds. The fourth-order valence-electron chi connectivity index (χ4n) is 1.83. The van der Waals surface area contributed by atoms with Crippen molar-refractivity contribution in [2.24, 2.45) is 0 Å². The molecule has 1 unspecified atom stereocenters. The van der Waals surface area contributed by atoms with Gasteiger partial charge in [-0.1, -0.05) is 37.8 Å². The SMILES string of the molecule is CCCCCC(C)Nc1cnn(CC)c(=O)c1Cl. The van der Waals surface area contributed by atoms with Crippen LogP contribution in [-0.4, -0.2) is 15.8 Å². The van der Waals surface area contributed by atoms with E-state index in [0.29, 0.717) is 18.3 Å². The molecule has 18 heavy (non-hydrogen) atoms. The number of halogens is 1. The summed E-state index contributed by atoms with van der Waals surface area (Å²) in [6.45, 7) is 6.68. The number of rotatable bonds is 7. The number of hydrogen-bond donors (Lipinski definition) is 1. The molecule has 1 aromatic heterocycles. The minimum absolute atomic E-state index is 0.231. The van der Waals surface area contributed by atoms with Crippen LogP contribution in [0.4, 0.5) is 5.69 Å². The Labute approximate surface area is 113 Å². The normalized spacial score (nSPS) is 12.4. The minimum atomic E-state index is -0.232. The highest BCUT2D eigenvalue weighted by atomic mass is 35.5. The quantitative estimate of drug-likeness (QED) is 0.774. The predicted molar refractivity (Wildman–Crippen MR) is 76.4 cm³/mol. The lowest BCUT2D eigenvalue weighted by molar-refractivity contribution is 0.604.